The average Bonchev–Trinajstić information content (AvgIpc) is 2.49. The lowest BCUT2D eigenvalue weighted by atomic mass is 9.89. The van der Waals surface area contributed by atoms with Crippen molar-refractivity contribution >= 4 is 11.6 Å². The molecular weight excluding hydrogens is 311 g/mol. The second kappa shape index (κ2) is 6.18. The third-order valence-corrected chi connectivity index (χ3v) is 3.34. The molecule has 1 N–H and O–H groups in total. The van der Waals surface area contributed by atoms with Crippen LogP contribution in [0, 0.1) is 11.3 Å². The molecule has 0 fully saturated rings. The van der Waals surface area contributed by atoms with Crippen molar-refractivity contribution in [1.82, 2.24) is 0 Å². The van der Waals surface area contributed by atoms with Gasteiger partial charge in [-0.3, -0.25) is 9.59 Å². The van der Waals surface area contributed by atoms with Crippen molar-refractivity contribution in [2.24, 2.45) is 0 Å². The smallest absolute Gasteiger partial charge is 0.388 e. The maximum Gasteiger partial charge on any atom is 0.420 e. The Bertz CT molecular complexity index is 752. The van der Waals surface area contributed by atoms with Crippen molar-refractivity contribution in [1.29, 1.82) is 5.26 Å². The fourth-order valence-electron chi connectivity index (χ4n) is 2.21. The van der Waals surface area contributed by atoms with Crippen LogP contribution >= 0.6 is 0 Å². The van der Waals surface area contributed by atoms with Crippen LogP contribution in [0.25, 0.3) is 0 Å². The van der Waals surface area contributed by atoms with Gasteiger partial charge in [-0.15, -0.1) is 0 Å². The molecule has 0 spiro atoms. The van der Waals surface area contributed by atoms with Crippen LogP contribution in [0.3, 0.4) is 0 Å². The van der Waals surface area contributed by atoms with E-state index < -0.39 is 41.4 Å². The number of hydrogen-bond acceptors (Lipinski definition) is 4. The SMILES string of the molecule is N#Cc1ccc(C(O)CC2=C(C(F)(F)F)C(=O)C=CC2=O)cc1. The molecule has 0 aliphatic heterocycles. The van der Waals surface area contributed by atoms with Crippen molar-refractivity contribution in [2.45, 2.75) is 18.7 Å². The molecule has 0 heterocycles. The maximum absolute atomic E-state index is 13.0. The molecule has 0 radical (unpaired) electrons. The van der Waals surface area contributed by atoms with Gasteiger partial charge in [0.15, 0.2) is 11.6 Å². The van der Waals surface area contributed by atoms with Gasteiger partial charge < -0.3 is 5.11 Å². The van der Waals surface area contributed by atoms with Crippen molar-refractivity contribution in [3.8, 4) is 6.07 Å². The van der Waals surface area contributed by atoms with E-state index >= 15 is 0 Å². The van der Waals surface area contributed by atoms with Crippen LogP contribution in [-0.2, 0) is 9.59 Å². The van der Waals surface area contributed by atoms with E-state index in [0.29, 0.717) is 11.6 Å². The molecule has 1 unspecified atom stereocenters. The van der Waals surface area contributed by atoms with E-state index in [4.69, 9.17) is 5.26 Å². The summed E-state index contributed by atoms with van der Waals surface area (Å²) in [7, 11) is 0. The van der Waals surface area contributed by atoms with Gasteiger partial charge in [-0.25, -0.2) is 0 Å². The van der Waals surface area contributed by atoms with E-state index in [-0.39, 0.29) is 5.56 Å². The van der Waals surface area contributed by atoms with E-state index in [9.17, 15) is 27.9 Å². The van der Waals surface area contributed by atoms with Gasteiger partial charge in [0.05, 0.1) is 17.7 Å². The molecular formula is C16H10F3NO3. The highest BCUT2D eigenvalue weighted by Crippen LogP contribution is 2.35. The minimum Gasteiger partial charge on any atom is -0.388 e. The zero-order valence-corrected chi connectivity index (χ0v) is 11.6. The average molecular weight is 321 g/mol. The lowest BCUT2D eigenvalue weighted by Crippen LogP contribution is -2.27. The van der Waals surface area contributed by atoms with Gasteiger partial charge in [-0.05, 0) is 29.8 Å². The molecule has 2 rings (SSSR count). The summed E-state index contributed by atoms with van der Waals surface area (Å²) >= 11 is 0. The lowest BCUT2D eigenvalue weighted by Gasteiger charge is -2.19. The van der Waals surface area contributed by atoms with Crippen LogP contribution in [-0.4, -0.2) is 22.8 Å². The van der Waals surface area contributed by atoms with Crippen molar-refractivity contribution in [2.75, 3.05) is 0 Å². The molecule has 0 bridgehead atoms. The van der Waals surface area contributed by atoms with Crippen molar-refractivity contribution in [3.63, 3.8) is 0 Å². The van der Waals surface area contributed by atoms with Gasteiger partial charge in [0.1, 0.15) is 5.57 Å². The second-order valence-electron chi connectivity index (χ2n) is 4.87. The molecule has 23 heavy (non-hydrogen) atoms. The molecule has 1 aliphatic carbocycles. The Balaban J connectivity index is 2.36. The number of aliphatic hydroxyl groups excluding tert-OH is 1. The first-order valence-electron chi connectivity index (χ1n) is 6.49. The number of allylic oxidation sites excluding steroid dienone is 3. The van der Waals surface area contributed by atoms with E-state index in [1.807, 2.05) is 6.07 Å². The number of benzene rings is 1. The number of rotatable bonds is 3. The molecule has 0 amide bonds. The van der Waals surface area contributed by atoms with Gasteiger partial charge in [-0.2, -0.15) is 18.4 Å². The van der Waals surface area contributed by atoms with Crippen LogP contribution in [0.5, 0.6) is 0 Å². The normalized spacial score (nSPS) is 16.5. The van der Waals surface area contributed by atoms with E-state index in [0.717, 1.165) is 6.08 Å². The Morgan fingerprint density at radius 3 is 2.17 bits per heavy atom. The zero-order valence-electron chi connectivity index (χ0n) is 11.6. The number of carbonyl (C=O) groups is 2. The summed E-state index contributed by atoms with van der Waals surface area (Å²) < 4.78 is 39.0. The number of aliphatic hydroxyl groups is 1. The number of nitriles is 1. The van der Waals surface area contributed by atoms with Crippen molar-refractivity contribution in [3.05, 3.63) is 58.7 Å². The Hall–Kier alpha value is -2.72. The predicted octanol–water partition coefficient (Wildman–Crippen LogP) is 2.55. The summed E-state index contributed by atoms with van der Waals surface area (Å²) in [5, 5.41) is 18.7. The van der Waals surface area contributed by atoms with Gasteiger partial charge in [0, 0.05) is 12.0 Å². The minimum atomic E-state index is -4.97. The van der Waals surface area contributed by atoms with Crippen LogP contribution in [0.2, 0.25) is 0 Å². The maximum atomic E-state index is 13.0. The Morgan fingerprint density at radius 2 is 1.65 bits per heavy atom. The van der Waals surface area contributed by atoms with Crippen LogP contribution in [0.15, 0.2) is 47.6 Å². The summed E-state index contributed by atoms with van der Waals surface area (Å²) in [6, 6.07) is 7.41. The molecule has 0 saturated heterocycles. The molecule has 1 aromatic rings. The fraction of sp³-hybridized carbons (Fsp3) is 0.188. The highest BCUT2D eigenvalue weighted by atomic mass is 19.4. The number of hydrogen-bond donors (Lipinski definition) is 1. The predicted molar refractivity (Wildman–Crippen MR) is 73.0 cm³/mol. The largest absolute Gasteiger partial charge is 0.420 e. The van der Waals surface area contributed by atoms with Gasteiger partial charge in [0.2, 0.25) is 0 Å². The molecule has 7 heteroatoms. The zero-order chi connectivity index (χ0) is 17.2. The highest BCUT2D eigenvalue weighted by molar-refractivity contribution is 6.20. The first-order chi connectivity index (χ1) is 10.7. The Labute approximate surface area is 129 Å². The number of nitrogens with zero attached hydrogens (tertiary/aromatic N) is 1. The Morgan fingerprint density at radius 1 is 1.09 bits per heavy atom. The van der Waals surface area contributed by atoms with Crippen LogP contribution in [0.4, 0.5) is 13.2 Å². The standard InChI is InChI=1S/C16H10F3NO3/c17-16(18,19)15-11(12(21)5-6-13(15)22)7-14(23)10-3-1-9(8-20)2-4-10/h1-6,14,23H,7H2. The van der Waals surface area contributed by atoms with Gasteiger partial charge >= 0.3 is 6.18 Å². The monoisotopic (exact) mass is 321 g/mol. The molecule has 0 aromatic heterocycles. The minimum absolute atomic E-state index is 0.243. The third kappa shape index (κ3) is 3.55. The number of ketones is 2. The van der Waals surface area contributed by atoms with Gasteiger partial charge in [0.25, 0.3) is 0 Å². The summed E-state index contributed by atoms with van der Waals surface area (Å²) in [5.74, 6) is -2.26. The van der Waals surface area contributed by atoms with E-state index in [2.05, 4.69) is 0 Å². The number of alkyl halides is 3. The van der Waals surface area contributed by atoms with E-state index in [1.165, 1.54) is 24.3 Å². The summed E-state index contributed by atoms with van der Waals surface area (Å²) in [6.45, 7) is 0. The first kappa shape index (κ1) is 16.6. The lowest BCUT2D eigenvalue weighted by molar-refractivity contribution is -0.128. The molecule has 1 aromatic carbocycles. The van der Waals surface area contributed by atoms with Crippen LogP contribution in [0.1, 0.15) is 23.7 Å². The molecule has 1 atom stereocenters. The molecule has 4 nitrogen and oxygen atoms in total. The molecule has 0 saturated carbocycles. The Kier molecular flexibility index (Phi) is 4.48. The molecule has 118 valence electrons. The second-order valence-corrected chi connectivity index (χ2v) is 4.87. The first-order valence-corrected chi connectivity index (χ1v) is 6.49. The molecule has 1 aliphatic rings. The summed E-state index contributed by atoms with van der Waals surface area (Å²) in [5.41, 5.74) is -1.74. The topological polar surface area (TPSA) is 78.2 Å². The van der Waals surface area contributed by atoms with Crippen LogP contribution < -0.4 is 0 Å². The van der Waals surface area contributed by atoms with E-state index in [1.54, 1.807) is 0 Å². The number of carbonyl (C=O) groups excluding carboxylic acids is 2. The fourth-order valence-corrected chi connectivity index (χ4v) is 2.21. The highest BCUT2D eigenvalue weighted by Gasteiger charge is 2.43. The summed E-state index contributed by atoms with van der Waals surface area (Å²) in [4.78, 5) is 23.2. The third-order valence-electron chi connectivity index (χ3n) is 3.34. The van der Waals surface area contributed by atoms with Crippen molar-refractivity contribution < 1.29 is 27.9 Å². The number of halogens is 3. The summed E-state index contributed by atoms with van der Waals surface area (Å²) in [6.07, 6.45) is -5.69. The van der Waals surface area contributed by atoms with Gasteiger partial charge in [-0.1, -0.05) is 12.1 Å². The quantitative estimate of drug-likeness (QED) is 0.868.